The van der Waals surface area contributed by atoms with Crippen LogP contribution in [0.2, 0.25) is 10.0 Å². The number of rotatable bonds is 9. The highest BCUT2D eigenvalue weighted by molar-refractivity contribution is 6.35. The van der Waals surface area contributed by atoms with E-state index in [9.17, 15) is 9.59 Å². The van der Waals surface area contributed by atoms with Gasteiger partial charge in [0, 0.05) is 10.6 Å². The van der Waals surface area contributed by atoms with Gasteiger partial charge in [0.05, 0.1) is 11.2 Å². The maximum absolute atomic E-state index is 12.8. The SMILES string of the molecule is Cc1cc2c(cc1/C=N\NC(=O)[C@H](CC(C)C)NC(=O)[C@H](C)Oc1ccc(Cl)cc1Cl)OCO2. The minimum atomic E-state index is -0.888. The van der Waals surface area contributed by atoms with Crippen LogP contribution in [0.25, 0.3) is 0 Å². The number of nitrogens with one attached hydrogen (secondary N) is 2. The molecular weight excluding hydrogens is 481 g/mol. The Kier molecular flexibility index (Phi) is 8.63. The number of halogens is 2. The second kappa shape index (κ2) is 11.4. The molecule has 182 valence electrons. The van der Waals surface area contributed by atoms with Gasteiger partial charge in [-0.1, -0.05) is 37.0 Å². The van der Waals surface area contributed by atoms with E-state index in [-0.39, 0.29) is 17.7 Å². The second-order valence-corrected chi connectivity index (χ2v) is 9.17. The number of fused-ring (bicyclic) bond motifs is 1. The number of ether oxygens (including phenoxy) is 3. The number of aryl methyl sites for hydroxylation is 1. The molecule has 34 heavy (non-hydrogen) atoms. The van der Waals surface area contributed by atoms with Gasteiger partial charge in [-0.05, 0) is 62.1 Å². The third kappa shape index (κ3) is 6.77. The topological polar surface area (TPSA) is 98.3 Å². The first-order valence-electron chi connectivity index (χ1n) is 10.8. The largest absolute Gasteiger partial charge is 0.479 e. The summed E-state index contributed by atoms with van der Waals surface area (Å²) in [5.74, 6) is 0.879. The first kappa shape index (κ1) is 25.6. The zero-order valence-corrected chi connectivity index (χ0v) is 20.9. The number of carbonyl (C=O) groups excluding carboxylic acids is 2. The van der Waals surface area contributed by atoms with Crippen molar-refractivity contribution >= 4 is 41.2 Å². The molecule has 2 N–H and O–H groups in total. The van der Waals surface area contributed by atoms with E-state index in [4.69, 9.17) is 37.4 Å². The molecule has 0 fully saturated rings. The normalized spacial score (nSPS) is 14.2. The molecule has 10 heteroatoms. The van der Waals surface area contributed by atoms with Gasteiger partial charge in [0.25, 0.3) is 11.8 Å². The first-order chi connectivity index (χ1) is 16.1. The molecule has 1 heterocycles. The molecule has 0 aromatic heterocycles. The van der Waals surface area contributed by atoms with Crippen molar-refractivity contribution in [1.29, 1.82) is 0 Å². The summed E-state index contributed by atoms with van der Waals surface area (Å²) in [5.41, 5.74) is 4.20. The van der Waals surface area contributed by atoms with E-state index in [0.29, 0.717) is 28.7 Å². The maximum atomic E-state index is 12.8. The Bertz CT molecular complexity index is 1090. The third-order valence-electron chi connectivity index (χ3n) is 5.05. The monoisotopic (exact) mass is 507 g/mol. The molecule has 0 aliphatic carbocycles. The first-order valence-corrected chi connectivity index (χ1v) is 11.5. The Balaban J connectivity index is 1.62. The summed E-state index contributed by atoms with van der Waals surface area (Å²) in [7, 11) is 0. The molecule has 2 aromatic rings. The van der Waals surface area contributed by atoms with E-state index in [0.717, 1.165) is 11.1 Å². The molecule has 1 aliphatic heterocycles. The molecular formula is C24H27Cl2N3O5. The van der Waals surface area contributed by atoms with Crippen LogP contribution in [0, 0.1) is 12.8 Å². The van der Waals surface area contributed by atoms with Crippen LogP contribution in [0.15, 0.2) is 35.4 Å². The van der Waals surface area contributed by atoms with Crippen LogP contribution in [0.3, 0.4) is 0 Å². The van der Waals surface area contributed by atoms with E-state index >= 15 is 0 Å². The Morgan fingerprint density at radius 1 is 1.12 bits per heavy atom. The van der Waals surface area contributed by atoms with Crippen LogP contribution in [0.1, 0.15) is 38.3 Å². The van der Waals surface area contributed by atoms with Crippen molar-refractivity contribution in [2.24, 2.45) is 11.0 Å². The van der Waals surface area contributed by atoms with E-state index in [1.165, 1.54) is 12.3 Å². The standard InChI is InChI=1S/C24H27Cl2N3O5/c1-13(2)7-19(28-23(30)15(4)34-20-6-5-17(25)10-18(20)26)24(31)29-27-11-16-9-22-21(8-14(16)3)32-12-33-22/h5-6,8-11,13,15,19H,7,12H2,1-4H3,(H,28,30)(H,29,31)/b27-11-/t15-,19-/m0/s1. The van der Waals surface area contributed by atoms with E-state index in [2.05, 4.69) is 15.8 Å². The molecule has 8 nitrogen and oxygen atoms in total. The molecule has 0 bridgehead atoms. The Hall–Kier alpha value is -2.97. The third-order valence-corrected chi connectivity index (χ3v) is 5.58. The summed E-state index contributed by atoms with van der Waals surface area (Å²) >= 11 is 12.0. The summed E-state index contributed by atoms with van der Waals surface area (Å²) in [6.07, 6.45) is 1.06. The van der Waals surface area contributed by atoms with Crippen molar-refractivity contribution in [1.82, 2.24) is 10.7 Å². The summed E-state index contributed by atoms with van der Waals surface area (Å²) < 4.78 is 16.4. The number of hydrazone groups is 1. The highest BCUT2D eigenvalue weighted by Crippen LogP contribution is 2.34. The molecule has 0 radical (unpaired) electrons. The van der Waals surface area contributed by atoms with E-state index in [1.807, 2.05) is 26.8 Å². The number of nitrogens with zero attached hydrogens (tertiary/aromatic N) is 1. The van der Waals surface area contributed by atoms with Crippen LogP contribution in [-0.2, 0) is 9.59 Å². The van der Waals surface area contributed by atoms with Gasteiger partial charge in [0.15, 0.2) is 17.6 Å². The second-order valence-electron chi connectivity index (χ2n) is 8.32. The number of hydrogen-bond donors (Lipinski definition) is 2. The summed E-state index contributed by atoms with van der Waals surface area (Å²) in [4.78, 5) is 25.5. The van der Waals surface area contributed by atoms with Gasteiger partial charge in [-0.25, -0.2) is 5.43 Å². The lowest BCUT2D eigenvalue weighted by molar-refractivity contribution is -0.132. The molecule has 0 saturated carbocycles. The fourth-order valence-electron chi connectivity index (χ4n) is 3.25. The summed E-state index contributed by atoms with van der Waals surface area (Å²) in [5, 5.41) is 7.55. The molecule has 2 aromatic carbocycles. The molecule has 2 amide bonds. The van der Waals surface area contributed by atoms with E-state index < -0.39 is 24.0 Å². The smallest absolute Gasteiger partial charge is 0.262 e. The number of hydrogen-bond acceptors (Lipinski definition) is 6. The van der Waals surface area contributed by atoms with Crippen molar-refractivity contribution in [2.45, 2.75) is 46.3 Å². The number of benzene rings is 2. The fourth-order valence-corrected chi connectivity index (χ4v) is 3.70. The molecule has 3 rings (SSSR count). The van der Waals surface area contributed by atoms with Gasteiger partial charge in [-0.2, -0.15) is 5.10 Å². The molecule has 0 saturated heterocycles. The summed E-state index contributed by atoms with van der Waals surface area (Å²) in [6, 6.07) is 7.57. The van der Waals surface area contributed by atoms with Crippen LogP contribution in [0.5, 0.6) is 17.2 Å². The molecule has 0 unspecified atom stereocenters. The lowest BCUT2D eigenvalue weighted by Crippen LogP contribution is -2.49. The highest BCUT2D eigenvalue weighted by Gasteiger charge is 2.25. The zero-order chi connectivity index (χ0) is 24.8. The molecule has 2 atom stereocenters. The van der Waals surface area contributed by atoms with Crippen molar-refractivity contribution in [3.8, 4) is 17.2 Å². The maximum Gasteiger partial charge on any atom is 0.262 e. The predicted octanol–water partition coefficient (Wildman–Crippen LogP) is 4.48. The van der Waals surface area contributed by atoms with Gasteiger partial charge in [0.2, 0.25) is 6.79 Å². The van der Waals surface area contributed by atoms with Gasteiger partial charge in [-0.3, -0.25) is 9.59 Å². The zero-order valence-electron chi connectivity index (χ0n) is 19.4. The van der Waals surface area contributed by atoms with Gasteiger partial charge < -0.3 is 19.5 Å². The quantitative estimate of drug-likeness (QED) is 0.385. The predicted molar refractivity (Wildman–Crippen MR) is 131 cm³/mol. The van der Waals surface area contributed by atoms with Crippen molar-refractivity contribution < 1.29 is 23.8 Å². The Morgan fingerprint density at radius 3 is 2.50 bits per heavy atom. The van der Waals surface area contributed by atoms with Crippen molar-refractivity contribution in [2.75, 3.05) is 6.79 Å². The average Bonchev–Trinajstić information content (AvgIpc) is 3.21. The molecule has 0 spiro atoms. The van der Waals surface area contributed by atoms with E-state index in [1.54, 1.807) is 25.1 Å². The number of amides is 2. The minimum Gasteiger partial charge on any atom is -0.479 e. The van der Waals surface area contributed by atoms with Crippen LogP contribution >= 0.6 is 23.2 Å². The lowest BCUT2D eigenvalue weighted by Gasteiger charge is -2.22. The van der Waals surface area contributed by atoms with Gasteiger partial charge in [-0.15, -0.1) is 0 Å². The Labute approximate surface area is 208 Å². The molecule has 1 aliphatic rings. The average molecular weight is 508 g/mol. The van der Waals surface area contributed by atoms with Crippen LogP contribution in [-0.4, -0.2) is 37.0 Å². The summed E-state index contributed by atoms with van der Waals surface area (Å²) in [6.45, 7) is 7.57. The Morgan fingerprint density at radius 2 is 1.82 bits per heavy atom. The minimum absolute atomic E-state index is 0.151. The highest BCUT2D eigenvalue weighted by atomic mass is 35.5. The van der Waals surface area contributed by atoms with Crippen LogP contribution in [0.4, 0.5) is 0 Å². The fraction of sp³-hybridized carbons (Fsp3) is 0.375. The van der Waals surface area contributed by atoms with Crippen molar-refractivity contribution in [3.63, 3.8) is 0 Å². The van der Waals surface area contributed by atoms with Gasteiger partial charge >= 0.3 is 0 Å². The van der Waals surface area contributed by atoms with Gasteiger partial charge in [0.1, 0.15) is 11.8 Å². The number of carbonyl (C=O) groups is 2. The van der Waals surface area contributed by atoms with Crippen molar-refractivity contribution in [3.05, 3.63) is 51.5 Å². The van der Waals surface area contributed by atoms with Crippen LogP contribution < -0.4 is 25.0 Å². The lowest BCUT2D eigenvalue weighted by atomic mass is 10.0.